The molecule has 1 amide bonds. The van der Waals surface area contributed by atoms with E-state index in [9.17, 15) is 9.90 Å². The van der Waals surface area contributed by atoms with Crippen LogP contribution in [0.15, 0.2) is 18.2 Å². The highest BCUT2D eigenvalue weighted by Crippen LogP contribution is 2.46. The van der Waals surface area contributed by atoms with Gasteiger partial charge in [-0.15, -0.1) is 0 Å². The molecule has 0 spiro atoms. The Labute approximate surface area is 112 Å². The van der Waals surface area contributed by atoms with Gasteiger partial charge in [0.15, 0.2) is 0 Å². The first-order chi connectivity index (χ1) is 8.70. The van der Waals surface area contributed by atoms with E-state index in [1.807, 2.05) is 0 Å². The van der Waals surface area contributed by atoms with Gasteiger partial charge in [0.1, 0.15) is 11.4 Å². The third-order valence-corrected chi connectivity index (χ3v) is 2.97. The summed E-state index contributed by atoms with van der Waals surface area (Å²) in [7, 11) is 0. The monoisotopic (exact) mass is 264 g/mol. The molecule has 1 aliphatic rings. The molecular weight excluding hydrogens is 244 g/mol. The number of hydrogen-bond acceptors (Lipinski definition) is 4. The zero-order valence-electron chi connectivity index (χ0n) is 11.5. The van der Waals surface area contributed by atoms with Gasteiger partial charge >= 0.3 is 6.09 Å². The second-order valence-electron chi connectivity index (χ2n) is 6.01. The first kappa shape index (κ1) is 13.7. The number of carbonyl (C=O) groups excluding carboxylic acids is 1. The van der Waals surface area contributed by atoms with E-state index in [4.69, 9.17) is 10.5 Å². The Morgan fingerprint density at radius 3 is 2.58 bits per heavy atom. The van der Waals surface area contributed by atoms with E-state index >= 15 is 0 Å². The maximum atomic E-state index is 11.7. The summed E-state index contributed by atoms with van der Waals surface area (Å²) in [5, 5.41) is 12.4. The highest BCUT2D eigenvalue weighted by Gasteiger charge is 2.42. The topological polar surface area (TPSA) is 84.6 Å². The van der Waals surface area contributed by atoms with Crippen molar-refractivity contribution in [3.05, 3.63) is 23.8 Å². The van der Waals surface area contributed by atoms with E-state index in [0.717, 1.165) is 12.8 Å². The number of nitrogens with two attached hydrogens (primary N) is 1. The average molecular weight is 264 g/mol. The molecule has 5 nitrogen and oxygen atoms in total. The smallest absolute Gasteiger partial charge is 0.412 e. The van der Waals surface area contributed by atoms with Crippen LogP contribution in [-0.2, 0) is 10.3 Å². The minimum absolute atomic E-state index is 0.162. The molecule has 19 heavy (non-hydrogen) atoms. The molecule has 1 aliphatic carbocycles. The van der Waals surface area contributed by atoms with Gasteiger partial charge in [-0.05, 0) is 51.8 Å². The lowest BCUT2D eigenvalue weighted by molar-refractivity contribution is 0.0636. The molecule has 104 valence electrons. The van der Waals surface area contributed by atoms with Crippen molar-refractivity contribution in [1.82, 2.24) is 0 Å². The fourth-order valence-electron chi connectivity index (χ4n) is 1.84. The third-order valence-electron chi connectivity index (χ3n) is 2.97. The van der Waals surface area contributed by atoms with Crippen molar-refractivity contribution >= 4 is 11.8 Å². The summed E-state index contributed by atoms with van der Waals surface area (Å²) in [6.45, 7) is 5.40. The van der Waals surface area contributed by atoms with Gasteiger partial charge in [0.05, 0.1) is 0 Å². The Morgan fingerprint density at radius 2 is 2.05 bits per heavy atom. The van der Waals surface area contributed by atoms with Crippen LogP contribution in [0.4, 0.5) is 10.5 Å². The molecular formula is C14H20N2O3. The van der Waals surface area contributed by atoms with Crippen molar-refractivity contribution in [2.45, 2.75) is 44.8 Å². The van der Waals surface area contributed by atoms with Crippen LogP contribution in [0, 0.1) is 0 Å². The molecule has 0 bridgehead atoms. The number of rotatable bonds is 2. The van der Waals surface area contributed by atoms with E-state index in [-0.39, 0.29) is 5.75 Å². The fourth-order valence-corrected chi connectivity index (χ4v) is 1.84. The molecule has 1 fully saturated rings. The molecule has 0 aromatic heterocycles. The molecule has 1 aromatic carbocycles. The van der Waals surface area contributed by atoms with E-state index < -0.39 is 17.2 Å². The van der Waals surface area contributed by atoms with Crippen LogP contribution >= 0.6 is 0 Å². The van der Waals surface area contributed by atoms with Crippen LogP contribution in [-0.4, -0.2) is 16.8 Å². The summed E-state index contributed by atoms with van der Waals surface area (Å²) < 4.78 is 5.17. The van der Waals surface area contributed by atoms with Crippen LogP contribution < -0.4 is 11.1 Å². The zero-order chi connectivity index (χ0) is 14.3. The first-order valence-electron chi connectivity index (χ1n) is 6.32. The van der Waals surface area contributed by atoms with E-state index in [1.54, 1.807) is 32.9 Å². The lowest BCUT2D eigenvalue weighted by Gasteiger charge is -2.20. The van der Waals surface area contributed by atoms with Crippen LogP contribution in [0.25, 0.3) is 0 Å². The SMILES string of the molecule is CC(C)(C)OC(=O)Nc1ccc(O)c(C2(N)CC2)c1. The van der Waals surface area contributed by atoms with Crippen molar-refractivity contribution in [1.29, 1.82) is 0 Å². The average Bonchev–Trinajstić information content (AvgIpc) is 2.97. The normalized spacial score (nSPS) is 16.8. The minimum Gasteiger partial charge on any atom is -0.508 e. The van der Waals surface area contributed by atoms with Crippen molar-refractivity contribution in [2.75, 3.05) is 5.32 Å². The minimum atomic E-state index is -0.546. The van der Waals surface area contributed by atoms with Gasteiger partial charge in [0.25, 0.3) is 0 Å². The van der Waals surface area contributed by atoms with Crippen LogP contribution in [0.1, 0.15) is 39.2 Å². The van der Waals surface area contributed by atoms with E-state index in [0.29, 0.717) is 11.3 Å². The number of nitrogens with one attached hydrogen (secondary N) is 1. The molecule has 1 aromatic rings. The fraction of sp³-hybridized carbons (Fsp3) is 0.500. The molecule has 0 saturated heterocycles. The zero-order valence-corrected chi connectivity index (χ0v) is 11.5. The number of carbonyl (C=O) groups is 1. The molecule has 0 aliphatic heterocycles. The predicted octanol–water partition coefficient (Wildman–Crippen LogP) is 2.69. The number of phenols is 1. The second-order valence-corrected chi connectivity index (χ2v) is 6.01. The number of anilines is 1. The molecule has 2 rings (SSSR count). The number of ether oxygens (including phenoxy) is 1. The van der Waals surface area contributed by atoms with Crippen LogP contribution in [0.2, 0.25) is 0 Å². The van der Waals surface area contributed by atoms with Crippen molar-refractivity contribution in [2.24, 2.45) is 5.73 Å². The molecule has 1 saturated carbocycles. The van der Waals surface area contributed by atoms with Crippen LogP contribution in [0.3, 0.4) is 0 Å². The van der Waals surface area contributed by atoms with Gasteiger partial charge in [-0.3, -0.25) is 5.32 Å². The Hall–Kier alpha value is -1.75. The van der Waals surface area contributed by atoms with Gasteiger partial charge in [-0.25, -0.2) is 4.79 Å². The standard InChI is InChI=1S/C14H20N2O3/c1-13(2,3)19-12(18)16-9-4-5-11(17)10(8-9)14(15)6-7-14/h4-5,8,17H,6-7,15H2,1-3H3,(H,16,18). The van der Waals surface area contributed by atoms with Crippen LogP contribution in [0.5, 0.6) is 5.75 Å². The van der Waals surface area contributed by atoms with Crippen molar-refractivity contribution < 1.29 is 14.6 Å². The summed E-state index contributed by atoms with van der Waals surface area (Å²) in [5.41, 5.74) is 6.31. The summed E-state index contributed by atoms with van der Waals surface area (Å²) in [5.74, 6) is 0.162. The quantitative estimate of drug-likeness (QED) is 0.717. The van der Waals surface area contributed by atoms with Crippen molar-refractivity contribution in [3.63, 3.8) is 0 Å². The highest BCUT2D eigenvalue weighted by atomic mass is 16.6. The first-order valence-corrected chi connectivity index (χ1v) is 6.32. The number of hydrogen-bond donors (Lipinski definition) is 3. The lowest BCUT2D eigenvalue weighted by atomic mass is 10.0. The summed E-state index contributed by atoms with van der Waals surface area (Å²) in [6, 6.07) is 4.86. The third kappa shape index (κ3) is 3.38. The Kier molecular flexibility index (Phi) is 3.18. The highest BCUT2D eigenvalue weighted by molar-refractivity contribution is 5.85. The number of phenolic OH excluding ortho intramolecular Hbond substituents is 1. The van der Waals surface area contributed by atoms with Crippen molar-refractivity contribution in [3.8, 4) is 5.75 Å². The van der Waals surface area contributed by atoms with E-state index in [1.165, 1.54) is 6.07 Å². The molecule has 0 heterocycles. The maximum absolute atomic E-state index is 11.7. The van der Waals surface area contributed by atoms with Gasteiger partial charge in [-0.2, -0.15) is 0 Å². The number of aromatic hydroxyl groups is 1. The van der Waals surface area contributed by atoms with E-state index in [2.05, 4.69) is 5.32 Å². The van der Waals surface area contributed by atoms with Gasteiger partial charge < -0.3 is 15.6 Å². The van der Waals surface area contributed by atoms with Gasteiger partial charge in [0.2, 0.25) is 0 Å². The Bertz CT molecular complexity index is 502. The lowest BCUT2D eigenvalue weighted by Crippen LogP contribution is -2.27. The number of amides is 1. The molecule has 0 atom stereocenters. The molecule has 0 unspecified atom stereocenters. The second kappa shape index (κ2) is 4.42. The van der Waals surface area contributed by atoms with Gasteiger partial charge in [-0.1, -0.05) is 0 Å². The Balaban J connectivity index is 2.12. The maximum Gasteiger partial charge on any atom is 0.412 e. The summed E-state index contributed by atoms with van der Waals surface area (Å²) >= 11 is 0. The summed E-state index contributed by atoms with van der Waals surface area (Å²) in [6.07, 6.45) is 1.17. The Morgan fingerprint density at radius 1 is 1.42 bits per heavy atom. The molecule has 4 N–H and O–H groups in total. The summed E-state index contributed by atoms with van der Waals surface area (Å²) in [4.78, 5) is 11.7. The number of benzene rings is 1. The predicted molar refractivity (Wildman–Crippen MR) is 73.1 cm³/mol. The molecule has 0 radical (unpaired) electrons. The largest absolute Gasteiger partial charge is 0.508 e. The van der Waals surface area contributed by atoms with Gasteiger partial charge in [0, 0.05) is 16.8 Å². The molecule has 5 heteroatoms.